The van der Waals surface area contributed by atoms with Crippen molar-refractivity contribution in [3.8, 4) is 0 Å². The summed E-state index contributed by atoms with van der Waals surface area (Å²) in [5, 5.41) is 4.53. The Morgan fingerprint density at radius 2 is 1.91 bits per heavy atom. The van der Waals surface area contributed by atoms with E-state index in [4.69, 9.17) is 5.73 Å². The van der Waals surface area contributed by atoms with Crippen LogP contribution in [-0.4, -0.2) is 29.9 Å². The number of nitrogens with one attached hydrogen (secondary N) is 3. The molecule has 0 spiro atoms. The highest BCUT2D eigenvalue weighted by molar-refractivity contribution is 5.82. The van der Waals surface area contributed by atoms with Crippen LogP contribution >= 0.6 is 0 Å². The van der Waals surface area contributed by atoms with E-state index in [1.807, 2.05) is 57.2 Å². The van der Waals surface area contributed by atoms with Gasteiger partial charge in [0.25, 0.3) is 5.56 Å². The monoisotopic (exact) mass is 446 g/mol. The number of nitrogen functional groups attached to an aromatic ring is 1. The minimum absolute atomic E-state index is 0.148. The quantitative estimate of drug-likeness (QED) is 0.279. The van der Waals surface area contributed by atoms with Gasteiger partial charge in [-0.25, -0.2) is 19.9 Å². The highest BCUT2D eigenvalue weighted by Gasteiger charge is 2.13. The molecular formula is C24H30N8O. The molecule has 1 aromatic carbocycles. The van der Waals surface area contributed by atoms with E-state index in [0.29, 0.717) is 33.4 Å². The molecule has 0 saturated heterocycles. The first-order valence-electron chi connectivity index (χ1n) is 10.5. The van der Waals surface area contributed by atoms with Crippen molar-refractivity contribution in [3.63, 3.8) is 0 Å². The zero-order valence-electron chi connectivity index (χ0n) is 19.2. The van der Waals surface area contributed by atoms with Crippen molar-refractivity contribution in [2.24, 2.45) is 0 Å². The Kier molecular flexibility index (Phi) is 9.51. The summed E-state index contributed by atoms with van der Waals surface area (Å²) in [5.74, 6) is 1.16. The molecule has 0 aliphatic carbocycles. The summed E-state index contributed by atoms with van der Waals surface area (Å²) >= 11 is 0. The lowest BCUT2D eigenvalue weighted by Crippen LogP contribution is -2.44. The molecular weight excluding hydrogens is 416 g/mol. The second-order valence-corrected chi connectivity index (χ2v) is 6.75. The summed E-state index contributed by atoms with van der Waals surface area (Å²) in [6, 6.07) is 9.25. The summed E-state index contributed by atoms with van der Waals surface area (Å²) in [6.45, 7) is 11.8. The minimum Gasteiger partial charge on any atom is -0.399 e. The van der Waals surface area contributed by atoms with Crippen molar-refractivity contribution < 1.29 is 0 Å². The van der Waals surface area contributed by atoms with Crippen LogP contribution in [0.25, 0.3) is 23.3 Å². The normalized spacial score (nSPS) is 12.3. The smallest absolute Gasteiger partial charge is 0.258 e. The van der Waals surface area contributed by atoms with Crippen LogP contribution in [0.4, 0.5) is 11.5 Å². The second-order valence-electron chi connectivity index (χ2n) is 6.75. The maximum Gasteiger partial charge on any atom is 0.258 e. The van der Waals surface area contributed by atoms with Crippen molar-refractivity contribution in [2.75, 3.05) is 11.1 Å². The predicted octanol–water partition coefficient (Wildman–Crippen LogP) is 2.67. The van der Waals surface area contributed by atoms with Gasteiger partial charge in [0.2, 0.25) is 0 Å². The fourth-order valence-corrected chi connectivity index (χ4v) is 2.95. The molecule has 0 radical (unpaired) electrons. The Morgan fingerprint density at radius 3 is 2.52 bits per heavy atom. The third-order valence-electron chi connectivity index (χ3n) is 4.48. The van der Waals surface area contributed by atoms with Gasteiger partial charge in [-0.3, -0.25) is 4.79 Å². The maximum absolute atomic E-state index is 12.3. The molecule has 5 N–H and O–H groups in total. The molecule has 1 atom stereocenters. The van der Waals surface area contributed by atoms with Crippen molar-refractivity contribution in [3.05, 3.63) is 82.9 Å². The van der Waals surface area contributed by atoms with Gasteiger partial charge < -0.3 is 21.0 Å². The number of aromatic nitrogens is 6. The molecule has 0 aliphatic heterocycles. The number of hydrogen-bond acceptors (Lipinski definition) is 7. The number of benzene rings is 1. The molecule has 4 aromatic rings. The number of para-hydroxylation sites is 1. The van der Waals surface area contributed by atoms with Crippen LogP contribution in [0.1, 0.15) is 39.1 Å². The highest BCUT2D eigenvalue weighted by Crippen LogP contribution is 2.19. The molecule has 4 rings (SSSR count). The molecule has 1 unspecified atom stereocenters. The number of rotatable bonds is 4. The summed E-state index contributed by atoms with van der Waals surface area (Å²) in [6.07, 6.45) is 7.53. The molecule has 9 nitrogen and oxygen atoms in total. The standard InChI is InChI=1S/C16H19N7O.C6H7N.C2H4/c1-4-6-11-10(5-2)16(24)23-13(22-11)9(3)21-15-12-14(18-7-17-12)19-8-20-15;7-6-4-2-1-3-5-6;1-2/h5-9H,4H2,1-3H3,(H,22,23,24)(H2,17,18,19,20,21);1-5H,7H2;1-2H2/b10-5+,11-6+;;. The average molecular weight is 447 g/mol. The molecule has 0 amide bonds. The predicted molar refractivity (Wildman–Crippen MR) is 135 cm³/mol. The van der Waals surface area contributed by atoms with E-state index >= 15 is 0 Å². The van der Waals surface area contributed by atoms with Gasteiger partial charge in [-0.2, -0.15) is 0 Å². The molecule has 0 bridgehead atoms. The molecule has 3 heterocycles. The lowest BCUT2D eigenvalue weighted by molar-refractivity contribution is 0.764. The molecule has 0 saturated carbocycles. The first-order valence-corrected chi connectivity index (χ1v) is 10.5. The van der Waals surface area contributed by atoms with E-state index in [1.165, 1.54) is 6.33 Å². The average Bonchev–Trinajstić information content (AvgIpc) is 3.31. The minimum atomic E-state index is -0.242. The Morgan fingerprint density at radius 1 is 1.18 bits per heavy atom. The summed E-state index contributed by atoms with van der Waals surface area (Å²) in [5.41, 5.74) is 7.33. The lowest BCUT2D eigenvalue weighted by Gasteiger charge is -2.14. The van der Waals surface area contributed by atoms with Crippen LogP contribution in [0, 0.1) is 0 Å². The van der Waals surface area contributed by atoms with Crippen molar-refractivity contribution >= 4 is 34.8 Å². The second kappa shape index (κ2) is 12.6. The molecule has 172 valence electrons. The first-order chi connectivity index (χ1) is 16.0. The fraction of sp³-hybridized carbons (Fsp3) is 0.208. The van der Waals surface area contributed by atoms with Gasteiger partial charge in [0, 0.05) is 5.69 Å². The van der Waals surface area contributed by atoms with Gasteiger partial charge in [0.1, 0.15) is 17.7 Å². The molecule has 3 aromatic heterocycles. The Labute approximate surface area is 192 Å². The lowest BCUT2D eigenvalue weighted by atomic mass is 10.2. The van der Waals surface area contributed by atoms with Crippen LogP contribution < -0.4 is 27.2 Å². The summed E-state index contributed by atoms with van der Waals surface area (Å²) < 4.78 is 0. The van der Waals surface area contributed by atoms with Crippen molar-refractivity contribution in [2.45, 2.75) is 33.2 Å². The number of nitrogens with zero attached hydrogens (tertiary/aromatic N) is 4. The van der Waals surface area contributed by atoms with Gasteiger partial charge >= 0.3 is 0 Å². The molecule has 0 fully saturated rings. The van der Waals surface area contributed by atoms with E-state index in [2.05, 4.69) is 48.4 Å². The first kappa shape index (κ1) is 25.0. The molecule has 33 heavy (non-hydrogen) atoms. The number of aromatic amines is 2. The van der Waals surface area contributed by atoms with Gasteiger partial charge in [0.15, 0.2) is 11.5 Å². The van der Waals surface area contributed by atoms with Crippen LogP contribution in [-0.2, 0) is 0 Å². The summed E-state index contributed by atoms with van der Waals surface area (Å²) in [7, 11) is 0. The van der Waals surface area contributed by atoms with Crippen molar-refractivity contribution in [1.82, 2.24) is 29.9 Å². The number of H-pyrrole nitrogens is 2. The largest absolute Gasteiger partial charge is 0.399 e. The van der Waals surface area contributed by atoms with Gasteiger partial charge in [-0.15, -0.1) is 13.2 Å². The highest BCUT2D eigenvalue weighted by atomic mass is 16.1. The zero-order chi connectivity index (χ0) is 24.2. The number of hydrogen-bond donors (Lipinski definition) is 4. The van der Waals surface area contributed by atoms with E-state index < -0.39 is 0 Å². The Hall–Kier alpha value is -4.27. The van der Waals surface area contributed by atoms with Crippen molar-refractivity contribution in [1.29, 1.82) is 0 Å². The third-order valence-corrected chi connectivity index (χ3v) is 4.48. The maximum atomic E-state index is 12.3. The SMILES string of the molecule is C/C=c1/c(=O)[nH]c(C(C)Nc2ncnc3nc[nH]c23)n/c1=C/CC.C=C.Nc1ccccc1. The van der Waals surface area contributed by atoms with Gasteiger partial charge in [-0.05, 0) is 32.4 Å². The van der Waals surface area contributed by atoms with Crippen LogP contribution in [0.15, 0.2) is 60.9 Å². The van der Waals surface area contributed by atoms with Crippen LogP contribution in [0.5, 0.6) is 0 Å². The Balaban J connectivity index is 0.000000362. The number of fused-ring (bicyclic) bond motifs is 1. The topological polar surface area (TPSA) is 138 Å². The van der Waals surface area contributed by atoms with Gasteiger partial charge in [-0.1, -0.05) is 37.3 Å². The number of imidazole rings is 1. The Bertz CT molecular complexity index is 1330. The number of anilines is 2. The van der Waals surface area contributed by atoms with E-state index in [0.717, 1.165) is 12.1 Å². The van der Waals surface area contributed by atoms with Gasteiger partial charge in [0.05, 0.1) is 22.9 Å². The fourth-order valence-electron chi connectivity index (χ4n) is 2.95. The molecule has 9 heteroatoms. The zero-order valence-corrected chi connectivity index (χ0v) is 19.2. The molecule has 0 aliphatic rings. The number of nitrogens with two attached hydrogens (primary N) is 1. The van der Waals surface area contributed by atoms with E-state index in [-0.39, 0.29) is 11.6 Å². The van der Waals surface area contributed by atoms with Crippen LogP contribution in [0.2, 0.25) is 0 Å². The van der Waals surface area contributed by atoms with Crippen LogP contribution in [0.3, 0.4) is 0 Å². The van der Waals surface area contributed by atoms with E-state index in [9.17, 15) is 4.79 Å². The third kappa shape index (κ3) is 6.60. The summed E-state index contributed by atoms with van der Waals surface area (Å²) in [4.78, 5) is 35.1. The van der Waals surface area contributed by atoms with E-state index in [1.54, 1.807) is 12.4 Å².